The van der Waals surface area contributed by atoms with E-state index in [4.69, 9.17) is 5.73 Å². The molecular formula is C15H19N3O2S. The molecule has 21 heavy (non-hydrogen) atoms. The van der Waals surface area contributed by atoms with Gasteiger partial charge in [-0.1, -0.05) is 30.3 Å². The molecule has 112 valence electrons. The van der Waals surface area contributed by atoms with Crippen LogP contribution in [0, 0.1) is 0 Å². The first-order valence-electron chi connectivity index (χ1n) is 6.62. The van der Waals surface area contributed by atoms with E-state index < -0.39 is 10.0 Å². The molecule has 0 aliphatic rings. The van der Waals surface area contributed by atoms with Gasteiger partial charge in [-0.15, -0.1) is 0 Å². The van der Waals surface area contributed by atoms with E-state index in [9.17, 15) is 8.42 Å². The standard InChI is InChI=1S/C15H19N3O2S/c1-18(11-15-6-3-7-17-10-15)21(19,20)12-14-5-2-4-13(8-14)9-16/h2-8,10H,9,11-12,16H2,1H3. The normalized spacial score (nSPS) is 11.8. The molecule has 1 aromatic carbocycles. The molecule has 0 aliphatic carbocycles. The first-order valence-corrected chi connectivity index (χ1v) is 8.23. The predicted octanol–water partition coefficient (Wildman–Crippen LogP) is 1.50. The zero-order chi connectivity index (χ0) is 15.3. The average Bonchev–Trinajstić information content (AvgIpc) is 2.48. The quantitative estimate of drug-likeness (QED) is 0.877. The molecule has 2 N–H and O–H groups in total. The molecule has 0 unspecified atom stereocenters. The van der Waals surface area contributed by atoms with Gasteiger partial charge in [-0.25, -0.2) is 12.7 Å². The van der Waals surface area contributed by atoms with E-state index in [1.165, 1.54) is 4.31 Å². The van der Waals surface area contributed by atoms with Gasteiger partial charge in [0.25, 0.3) is 0 Å². The summed E-state index contributed by atoms with van der Waals surface area (Å²) in [6.45, 7) is 0.714. The van der Waals surface area contributed by atoms with Gasteiger partial charge in [0, 0.05) is 32.5 Å². The number of benzene rings is 1. The van der Waals surface area contributed by atoms with Crippen LogP contribution in [0.3, 0.4) is 0 Å². The maximum absolute atomic E-state index is 12.4. The van der Waals surface area contributed by atoms with Crippen LogP contribution in [-0.4, -0.2) is 24.8 Å². The first-order chi connectivity index (χ1) is 10.0. The Morgan fingerprint density at radius 3 is 2.52 bits per heavy atom. The Bertz CT molecular complexity index is 687. The number of hydrogen-bond donors (Lipinski definition) is 1. The Morgan fingerprint density at radius 1 is 1.14 bits per heavy atom. The molecule has 6 heteroatoms. The molecule has 0 aliphatic heterocycles. The van der Waals surface area contributed by atoms with Crippen molar-refractivity contribution < 1.29 is 8.42 Å². The smallest absolute Gasteiger partial charge is 0.218 e. The van der Waals surface area contributed by atoms with Gasteiger partial charge >= 0.3 is 0 Å². The van der Waals surface area contributed by atoms with Gasteiger partial charge in [0.1, 0.15) is 0 Å². The minimum atomic E-state index is -3.37. The van der Waals surface area contributed by atoms with Gasteiger partial charge in [-0.2, -0.15) is 0 Å². The van der Waals surface area contributed by atoms with Crippen LogP contribution in [0.15, 0.2) is 48.8 Å². The molecule has 0 fully saturated rings. The van der Waals surface area contributed by atoms with Crippen LogP contribution < -0.4 is 5.73 Å². The van der Waals surface area contributed by atoms with Crippen molar-refractivity contribution in [2.24, 2.45) is 5.73 Å². The molecule has 5 nitrogen and oxygen atoms in total. The van der Waals surface area contributed by atoms with Gasteiger partial charge < -0.3 is 5.73 Å². The van der Waals surface area contributed by atoms with E-state index in [0.29, 0.717) is 13.1 Å². The molecule has 2 rings (SSSR count). The van der Waals surface area contributed by atoms with Crippen molar-refractivity contribution in [3.8, 4) is 0 Å². The average molecular weight is 305 g/mol. The second-order valence-corrected chi connectivity index (χ2v) is 6.97. The summed E-state index contributed by atoms with van der Waals surface area (Å²) >= 11 is 0. The number of aromatic nitrogens is 1. The van der Waals surface area contributed by atoms with E-state index in [-0.39, 0.29) is 5.75 Å². The third-order valence-corrected chi connectivity index (χ3v) is 4.96. The maximum atomic E-state index is 12.4. The van der Waals surface area contributed by atoms with E-state index in [1.807, 2.05) is 24.3 Å². The van der Waals surface area contributed by atoms with Crippen LogP contribution >= 0.6 is 0 Å². The van der Waals surface area contributed by atoms with E-state index in [0.717, 1.165) is 16.7 Å². The predicted molar refractivity (Wildman–Crippen MR) is 82.7 cm³/mol. The number of sulfonamides is 1. The highest BCUT2D eigenvalue weighted by Gasteiger charge is 2.18. The van der Waals surface area contributed by atoms with Gasteiger partial charge in [-0.3, -0.25) is 4.98 Å². The SMILES string of the molecule is CN(Cc1cccnc1)S(=O)(=O)Cc1cccc(CN)c1. The van der Waals surface area contributed by atoms with E-state index >= 15 is 0 Å². The molecule has 0 spiro atoms. The fourth-order valence-electron chi connectivity index (χ4n) is 2.01. The second-order valence-electron chi connectivity index (χ2n) is 4.90. The summed E-state index contributed by atoms with van der Waals surface area (Å²) in [5, 5.41) is 0. The zero-order valence-electron chi connectivity index (χ0n) is 11.9. The molecule has 0 atom stereocenters. The van der Waals surface area contributed by atoms with Crippen LogP contribution in [0.25, 0.3) is 0 Å². The fraction of sp³-hybridized carbons (Fsp3) is 0.267. The first kappa shape index (κ1) is 15.6. The Kier molecular flexibility index (Phi) is 5.06. The number of nitrogens with zero attached hydrogens (tertiary/aromatic N) is 2. The van der Waals surface area contributed by atoms with Crippen LogP contribution in [-0.2, 0) is 28.9 Å². The fourth-order valence-corrected chi connectivity index (χ4v) is 3.18. The molecule has 1 aromatic heterocycles. The Labute approximate surface area is 125 Å². The van der Waals surface area contributed by atoms with Crippen molar-refractivity contribution in [1.82, 2.24) is 9.29 Å². The van der Waals surface area contributed by atoms with E-state index in [1.54, 1.807) is 31.6 Å². The van der Waals surface area contributed by atoms with Gasteiger partial charge in [0.2, 0.25) is 10.0 Å². The lowest BCUT2D eigenvalue weighted by molar-refractivity contribution is 0.465. The highest BCUT2D eigenvalue weighted by atomic mass is 32.2. The van der Waals surface area contributed by atoms with Crippen LogP contribution in [0.4, 0.5) is 0 Å². The third kappa shape index (κ3) is 4.35. The lowest BCUT2D eigenvalue weighted by Crippen LogP contribution is -2.27. The third-order valence-electron chi connectivity index (χ3n) is 3.18. The molecule has 0 saturated carbocycles. The maximum Gasteiger partial charge on any atom is 0.218 e. The summed E-state index contributed by atoms with van der Waals surface area (Å²) in [7, 11) is -1.79. The molecule has 1 heterocycles. The Morgan fingerprint density at radius 2 is 1.86 bits per heavy atom. The summed E-state index contributed by atoms with van der Waals surface area (Å²) in [5.74, 6) is -0.0302. The van der Waals surface area contributed by atoms with Crippen molar-refractivity contribution >= 4 is 10.0 Å². The highest BCUT2D eigenvalue weighted by Crippen LogP contribution is 2.13. The summed E-state index contributed by atoms with van der Waals surface area (Å²) < 4.78 is 26.1. The zero-order valence-corrected chi connectivity index (χ0v) is 12.8. The van der Waals surface area contributed by atoms with Crippen molar-refractivity contribution in [1.29, 1.82) is 0 Å². The van der Waals surface area contributed by atoms with Crippen molar-refractivity contribution in [3.05, 3.63) is 65.5 Å². The highest BCUT2D eigenvalue weighted by molar-refractivity contribution is 7.88. The largest absolute Gasteiger partial charge is 0.326 e. The minimum Gasteiger partial charge on any atom is -0.326 e. The van der Waals surface area contributed by atoms with Gasteiger partial charge in [0.15, 0.2) is 0 Å². The number of hydrogen-bond acceptors (Lipinski definition) is 4. The van der Waals surface area contributed by atoms with Gasteiger partial charge in [0.05, 0.1) is 5.75 Å². The van der Waals surface area contributed by atoms with Crippen molar-refractivity contribution in [3.63, 3.8) is 0 Å². The number of nitrogens with two attached hydrogens (primary N) is 1. The lowest BCUT2D eigenvalue weighted by Gasteiger charge is -2.17. The monoisotopic (exact) mass is 305 g/mol. The lowest BCUT2D eigenvalue weighted by atomic mass is 10.1. The summed E-state index contributed by atoms with van der Waals surface area (Å²) in [5.41, 5.74) is 8.11. The molecule has 0 bridgehead atoms. The van der Waals surface area contributed by atoms with Gasteiger partial charge in [-0.05, 0) is 22.8 Å². The van der Waals surface area contributed by atoms with Crippen molar-refractivity contribution in [2.45, 2.75) is 18.8 Å². The molecule has 2 aromatic rings. The molecule has 0 saturated heterocycles. The summed E-state index contributed by atoms with van der Waals surface area (Å²) in [4.78, 5) is 3.99. The summed E-state index contributed by atoms with van der Waals surface area (Å²) in [6, 6.07) is 11.0. The minimum absolute atomic E-state index is 0.0302. The van der Waals surface area contributed by atoms with Crippen LogP contribution in [0.2, 0.25) is 0 Å². The van der Waals surface area contributed by atoms with Crippen LogP contribution in [0.1, 0.15) is 16.7 Å². The van der Waals surface area contributed by atoms with E-state index in [2.05, 4.69) is 4.98 Å². The molecular weight excluding hydrogens is 286 g/mol. The van der Waals surface area contributed by atoms with Crippen LogP contribution in [0.5, 0.6) is 0 Å². The topological polar surface area (TPSA) is 76.3 Å². The molecule has 0 radical (unpaired) electrons. The number of pyridine rings is 1. The van der Waals surface area contributed by atoms with Crippen molar-refractivity contribution in [2.75, 3.05) is 7.05 Å². The second kappa shape index (κ2) is 6.80. The Hall–Kier alpha value is -1.76. The number of rotatable bonds is 6. The summed E-state index contributed by atoms with van der Waals surface area (Å²) in [6.07, 6.45) is 3.33. The Balaban J connectivity index is 2.10. The molecule has 0 amide bonds.